The number of carbonyl (C=O) groups is 1. The van der Waals surface area contributed by atoms with E-state index >= 15 is 0 Å². The Balaban J connectivity index is 2.40. The van der Waals surface area contributed by atoms with Gasteiger partial charge in [-0.15, -0.1) is 11.6 Å². The van der Waals surface area contributed by atoms with Crippen LogP contribution in [0.5, 0.6) is 0 Å². The number of amides is 1. The van der Waals surface area contributed by atoms with Crippen molar-refractivity contribution in [2.75, 3.05) is 12.4 Å². The summed E-state index contributed by atoms with van der Waals surface area (Å²) in [6.07, 6.45) is 3.69. The number of carbonyl (C=O) groups excluding carboxylic acids is 1. The quantitative estimate of drug-likeness (QED) is 0.723. The lowest BCUT2D eigenvalue weighted by Gasteiger charge is -2.15. The van der Waals surface area contributed by atoms with Gasteiger partial charge >= 0.3 is 0 Å². The number of alkyl halides is 1. The highest BCUT2D eigenvalue weighted by molar-refractivity contribution is 6.17. The zero-order valence-electron chi connectivity index (χ0n) is 11.9. The summed E-state index contributed by atoms with van der Waals surface area (Å²) in [5, 5.41) is 3.03. The molecule has 0 aromatic heterocycles. The third-order valence-corrected chi connectivity index (χ3v) is 3.63. The first-order valence-corrected chi connectivity index (χ1v) is 7.58. The second-order valence-corrected chi connectivity index (χ2v) is 5.42. The van der Waals surface area contributed by atoms with Gasteiger partial charge in [-0.3, -0.25) is 4.79 Å². The molecule has 0 saturated carbocycles. The number of nitrogens with one attached hydrogen (secondary N) is 1. The van der Waals surface area contributed by atoms with E-state index in [0.29, 0.717) is 18.2 Å². The minimum absolute atomic E-state index is 0.102. The maximum atomic E-state index is 11.9. The molecular formula is C16H24ClNO. The van der Waals surface area contributed by atoms with E-state index in [0.717, 1.165) is 31.4 Å². The van der Waals surface area contributed by atoms with Crippen molar-refractivity contribution in [3.05, 3.63) is 35.4 Å². The first-order valence-electron chi connectivity index (χ1n) is 7.04. The van der Waals surface area contributed by atoms with E-state index in [1.54, 1.807) is 0 Å². The van der Waals surface area contributed by atoms with Crippen LogP contribution >= 0.6 is 11.6 Å². The lowest BCUT2D eigenvalue weighted by molar-refractivity contribution is -0.120. The molecule has 0 aliphatic heterocycles. The monoisotopic (exact) mass is 281 g/mol. The topological polar surface area (TPSA) is 29.1 Å². The molecule has 0 bridgehead atoms. The lowest BCUT2D eigenvalue weighted by atomic mass is 10.0. The van der Waals surface area contributed by atoms with E-state index < -0.39 is 0 Å². The Labute approximate surface area is 121 Å². The first-order chi connectivity index (χ1) is 9.17. The molecule has 3 heteroatoms. The van der Waals surface area contributed by atoms with Crippen molar-refractivity contribution >= 4 is 17.5 Å². The fourth-order valence-corrected chi connectivity index (χ4v) is 2.52. The SMILES string of the molecule is CCCC(CCCl)CNC(=O)Cc1ccccc1C. The number of halogens is 1. The summed E-state index contributed by atoms with van der Waals surface area (Å²) in [5.41, 5.74) is 2.27. The minimum atomic E-state index is 0.102. The average molecular weight is 282 g/mol. The van der Waals surface area contributed by atoms with Crippen LogP contribution < -0.4 is 5.32 Å². The Morgan fingerprint density at radius 3 is 2.68 bits per heavy atom. The maximum Gasteiger partial charge on any atom is 0.224 e. The Morgan fingerprint density at radius 2 is 2.05 bits per heavy atom. The molecule has 0 radical (unpaired) electrons. The normalized spacial score (nSPS) is 12.2. The molecular weight excluding hydrogens is 258 g/mol. The van der Waals surface area contributed by atoms with Crippen molar-refractivity contribution in [1.29, 1.82) is 0 Å². The number of aryl methyl sites for hydroxylation is 1. The van der Waals surface area contributed by atoms with E-state index in [-0.39, 0.29) is 5.91 Å². The molecule has 0 saturated heterocycles. The molecule has 1 N–H and O–H groups in total. The second-order valence-electron chi connectivity index (χ2n) is 5.04. The van der Waals surface area contributed by atoms with Gasteiger partial charge in [-0.05, 0) is 36.8 Å². The van der Waals surface area contributed by atoms with E-state index in [2.05, 4.69) is 12.2 Å². The predicted octanol–water partition coefficient (Wildman–Crippen LogP) is 3.70. The van der Waals surface area contributed by atoms with E-state index in [9.17, 15) is 4.79 Å². The van der Waals surface area contributed by atoms with Gasteiger partial charge in [0.25, 0.3) is 0 Å². The van der Waals surface area contributed by atoms with Crippen LogP contribution in [0.3, 0.4) is 0 Å². The highest BCUT2D eigenvalue weighted by atomic mass is 35.5. The Bertz CT molecular complexity index is 386. The molecule has 19 heavy (non-hydrogen) atoms. The van der Waals surface area contributed by atoms with Gasteiger partial charge in [0.1, 0.15) is 0 Å². The first kappa shape index (κ1) is 16.0. The molecule has 2 nitrogen and oxygen atoms in total. The number of rotatable bonds is 8. The molecule has 1 unspecified atom stereocenters. The van der Waals surface area contributed by atoms with Crippen LogP contribution in [0.15, 0.2) is 24.3 Å². The summed E-state index contributed by atoms with van der Waals surface area (Å²) < 4.78 is 0. The lowest BCUT2D eigenvalue weighted by Crippen LogP contribution is -2.30. The number of benzene rings is 1. The standard InChI is InChI=1S/C16H24ClNO/c1-3-6-14(9-10-17)12-18-16(19)11-15-8-5-4-7-13(15)2/h4-5,7-8,14H,3,6,9-12H2,1-2H3,(H,18,19). The van der Waals surface area contributed by atoms with Crippen molar-refractivity contribution < 1.29 is 4.79 Å². The Kier molecular flexibility index (Phi) is 7.57. The molecule has 1 rings (SSSR count). The van der Waals surface area contributed by atoms with Crippen molar-refractivity contribution in [2.45, 2.75) is 39.5 Å². The van der Waals surface area contributed by atoms with Crippen LogP contribution in [0.25, 0.3) is 0 Å². The van der Waals surface area contributed by atoms with Crippen molar-refractivity contribution in [1.82, 2.24) is 5.32 Å². The Hall–Kier alpha value is -1.02. The average Bonchev–Trinajstić information content (AvgIpc) is 2.39. The van der Waals surface area contributed by atoms with E-state index in [1.165, 1.54) is 5.56 Å². The second kappa shape index (κ2) is 8.98. The van der Waals surface area contributed by atoms with Gasteiger partial charge in [0.2, 0.25) is 5.91 Å². The smallest absolute Gasteiger partial charge is 0.224 e. The van der Waals surface area contributed by atoms with Crippen LogP contribution in [0.2, 0.25) is 0 Å². The van der Waals surface area contributed by atoms with Crippen LogP contribution in [0.4, 0.5) is 0 Å². The van der Waals surface area contributed by atoms with Gasteiger partial charge < -0.3 is 5.32 Å². The van der Waals surface area contributed by atoms with Crippen LogP contribution in [0.1, 0.15) is 37.3 Å². The molecule has 1 aromatic rings. The highest BCUT2D eigenvalue weighted by Gasteiger charge is 2.10. The van der Waals surface area contributed by atoms with Gasteiger partial charge in [0.15, 0.2) is 0 Å². The zero-order chi connectivity index (χ0) is 14.1. The van der Waals surface area contributed by atoms with Crippen molar-refractivity contribution in [3.63, 3.8) is 0 Å². The zero-order valence-corrected chi connectivity index (χ0v) is 12.7. The van der Waals surface area contributed by atoms with Gasteiger partial charge in [-0.25, -0.2) is 0 Å². The maximum absolute atomic E-state index is 11.9. The molecule has 1 amide bonds. The molecule has 1 atom stereocenters. The summed E-state index contributed by atoms with van der Waals surface area (Å²) in [7, 11) is 0. The highest BCUT2D eigenvalue weighted by Crippen LogP contribution is 2.11. The molecule has 0 heterocycles. The molecule has 0 fully saturated rings. The van der Waals surface area contributed by atoms with E-state index in [1.807, 2.05) is 31.2 Å². The minimum Gasteiger partial charge on any atom is -0.356 e. The summed E-state index contributed by atoms with van der Waals surface area (Å²) in [4.78, 5) is 11.9. The van der Waals surface area contributed by atoms with Crippen LogP contribution in [-0.4, -0.2) is 18.3 Å². The molecule has 106 valence electrons. The van der Waals surface area contributed by atoms with Crippen LogP contribution in [-0.2, 0) is 11.2 Å². The molecule has 0 aliphatic rings. The fraction of sp³-hybridized carbons (Fsp3) is 0.562. The van der Waals surface area contributed by atoms with Gasteiger partial charge in [-0.2, -0.15) is 0 Å². The van der Waals surface area contributed by atoms with Crippen molar-refractivity contribution in [3.8, 4) is 0 Å². The van der Waals surface area contributed by atoms with Crippen molar-refractivity contribution in [2.24, 2.45) is 5.92 Å². The molecule has 0 aliphatic carbocycles. The van der Waals surface area contributed by atoms with E-state index in [4.69, 9.17) is 11.6 Å². The summed E-state index contributed by atoms with van der Waals surface area (Å²) in [6, 6.07) is 8.02. The molecule has 0 spiro atoms. The van der Waals surface area contributed by atoms with Gasteiger partial charge in [-0.1, -0.05) is 37.6 Å². The summed E-state index contributed by atoms with van der Waals surface area (Å²) in [5.74, 6) is 1.27. The van der Waals surface area contributed by atoms with Gasteiger partial charge in [0, 0.05) is 12.4 Å². The Morgan fingerprint density at radius 1 is 1.32 bits per heavy atom. The predicted molar refractivity (Wildman–Crippen MR) is 81.6 cm³/mol. The largest absolute Gasteiger partial charge is 0.356 e. The molecule has 1 aromatic carbocycles. The summed E-state index contributed by atoms with van der Waals surface area (Å²) >= 11 is 5.79. The number of hydrogen-bond acceptors (Lipinski definition) is 1. The number of hydrogen-bond donors (Lipinski definition) is 1. The third kappa shape index (κ3) is 6.11. The van der Waals surface area contributed by atoms with Crippen LogP contribution in [0, 0.1) is 12.8 Å². The fourth-order valence-electron chi connectivity index (χ4n) is 2.21. The summed E-state index contributed by atoms with van der Waals surface area (Å²) in [6.45, 7) is 4.94. The third-order valence-electron chi connectivity index (χ3n) is 3.41. The van der Waals surface area contributed by atoms with Gasteiger partial charge in [0.05, 0.1) is 6.42 Å².